The molecule has 0 aromatic carbocycles. The van der Waals surface area contributed by atoms with Crippen LogP contribution in [0.4, 0.5) is 0 Å². The van der Waals surface area contributed by atoms with E-state index in [4.69, 9.17) is 0 Å². The van der Waals surface area contributed by atoms with Crippen molar-refractivity contribution in [2.45, 2.75) is 90.6 Å². The maximum absolute atomic E-state index is 2.42. The van der Waals surface area contributed by atoms with Gasteiger partial charge >= 0.3 is 0 Å². The van der Waals surface area contributed by atoms with Crippen LogP contribution in [0.15, 0.2) is 0 Å². The minimum absolute atomic E-state index is 0.305. The number of hydrogen-bond donors (Lipinski definition) is 0. The highest BCUT2D eigenvalue weighted by atomic mass is 28.2. The first-order valence-corrected chi connectivity index (χ1v) is 9.81. The summed E-state index contributed by atoms with van der Waals surface area (Å²) in [6.45, 7) is 7.04. The molecule has 0 rings (SSSR count). The zero-order valence-electron chi connectivity index (χ0n) is 12.1. The Morgan fingerprint density at radius 2 is 1.38 bits per heavy atom. The molecule has 0 amide bonds. The minimum atomic E-state index is 0.305. The lowest BCUT2D eigenvalue weighted by molar-refractivity contribution is 0.583. The Labute approximate surface area is 106 Å². The highest BCUT2D eigenvalue weighted by molar-refractivity contribution is 6.35. The van der Waals surface area contributed by atoms with Crippen molar-refractivity contribution >= 4 is 9.52 Å². The van der Waals surface area contributed by atoms with Crippen LogP contribution in [0.2, 0.25) is 12.1 Å². The number of unbranched alkanes of at least 4 members (excludes halogenated alkanes) is 7. The second-order valence-electron chi connectivity index (χ2n) is 5.48. The van der Waals surface area contributed by atoms with Gasteiger partial charge in [-0.05, 0) is 5.92 Å². The van der Waals surface area contributed by atoms with Crippen molar-refractivity contribution in [1.29, 1.82) is 0 Å². The van der Waals surface area contributed by atoms with E-state index < -0.39 is 0 Å². The standard InChI is InChI=1S/C15H34Si/c1-4-6-7-8-9-10-11-12-13-16-14-15(3)5-2/h15H,4-14,16H2,1-3H3. The zero-order chi connectivity index (χ0) is 12.1. The molecule has 16 heavy (non-hydrogen) atoms. The molecule has 1 unspecified atom stereocenters. The monoisotopic (exact) mass is 242 g/mol. The highest BCUT2D eigenvalue weighted by Gasteiger charge is 1.98. The Bertz CT molecular complexity index is 123. The summed E-state index contributed by atoms with van der Waals surface area (Å²) in [6, 6.07) is 3.20. The van der Waals surface area contributed by atoms with Gasteiger partial charge < -0.3 is 0 Å². The van der Waals surface area contributed by atoms with Crippen LogP contribution in [-0.4, -0.2) is 9.52 Å². The summed E-state index contributed by atoms with van der Waals surface area (Å²) >= 11 is 0. The fourth-order valence-corrected chi connectivity index (χ4v) is 4.29. The van der Waals surface area contributed by atoms with Crippen LogP contribution in [0, 0.1) is 5.92 Å². The Hall–Kier alpha value is 0.217. The molecule has 1 heteroatoms. The summed E-state index contributed by atoms with van der Waals surface area (Å²) in [6.07, 6.45) is 13.2. The van der Waals surface area contributed by atoms with Crippen LogP contribution < -0.4 is 0 Å². The summed E-state index contributed by atoms with van der Waals surface area (Å²) in [5.74, 6) is 1.01. The molecule has 0 aromatic heterocycles. The first kappa shape index (κ1) is 16.2. The van der Waals surface area contributed by atoms with Crippen molar-refractivity contribution in [3.8, 4) is 0 Å². The zero-order valence-corrected chi connectivity index (χ0v) is 13.5. The molecule has 0 heterocycles. The van der Waals surface area contributed by atoms with Gasteiger partial charge in [0.1, 0.15) is 0 Å². The third-order valence-electron chi connectivity index (χ3n) is 3.75. The normalized spacial score (nSPS) is 13.7. The van der Waals surface area contributed by atoms with Crippen molar-refractivity contribution in [2.75, 3.05) is 0 Å². The molecule has 0 nitrogen and oxygen atoms in total. The second-order valence-corrected chi connectivity index (χ2v) is 7.48. The predicted molar refractivity (Wildman–Crippen MR) is 80.2 cm³/mol. The Morgan fingerprint density at radius 1 is 0.812 bits per heavy atom. The average Bonchev–Trinajstić information content (AvgIpc) is 2.31. The highest BCUT2D eigenvalue weighted by Crippen LogP contribution is 2.12. The van der Waals surface area contributed by atoms with E-state index in [0.29, 0.717) is 9.52 Å². The average molecular weight is 243 g/mol. The molecule has 1 atom stereocenters. The van der Waals surface area contributed by atoms with E-state index in [-0.39, 0.29) is 0 Å². The third-order valence-corrected chi connectivity index (χ3v) is 6.14. The van der Waals surface area contributed by atoms with Gasteiger partial charge in [-0.3, -0.25) is 0 Å². The Balaban J connectivity index is 2.93. The summed E-state index contributed by atoms with van der Waals surface area (Å²) in [5, 5.41) is 0. The van der Waals surface area contributed by atoms with Gasteiger partial charge in [0.15, 0.2) is 0 Å². The van der Waals surface area contributed by atoms with Crippen LogP contribution in [0.25, 0.3) is 0 Å². The van der Waals surface area contributed by atoms with Crippen LogP contribution in [0.3, 0.4) is 0 Å². The maximum atomic E-state index is 2.42. The van der Waals surface area contributed by atoms with E-state index in [1.807, 2.05) is 0 Å². The largest absolute Gasteiger partial charge is 0.0654 e. The Kier molecular flexibility index (Phi) is 13.5. The van der Waals surface area contributed by atoms with Crippen molar-refractivity contribution in [1.82, 2.24) is 0 Å². The summed E-state index contributed by atoms with van der Waals surface area (Å²) in [5.41, 5.74) is 0. The SMILES string of the molecule is CCCCCCCCCC[SiH2]CC(C)CC. The molecule has 0 aliphatic rings. The third kappa shape index (κ3) is 12.3. The molecular weight excluding hydrogens is 208 g/mol. The molecule has 0 aromatic rings. The van der Waals surface area contributed by atoms with E-state index in [1.165, 1.54) is 57.8 Å². The molecule has 0 bridgehead atoms. The van der Waals surface area contributed by atoms with Crippen molar-refractivity contribution in [2.24, 2.45) is 5.92 Å². The second kappa shape index (κ2) is 13.3. The topological polar surface area (TPSA) is 0 Å². The summed E-state index contributed by atoms with van der Waals surface area (Å²) in [4.78, 5) is 0. The summed E-state index contributed by atoms with van der Waals surface area (Å²) in [7, 11) is 0.305. The van der Waals surface area contributed by atoms with Gasteiger partial charge in [-0.2, -0.15) is 0 Å². The first-order chi connectivity index (χ1) is 7.81. The molecule has 0 aliphatic heterocycles. The molecule has 0 aliphatic carbocycles. The van der Waals surface area contributed by atoms with Gasteiger partial charge in [0, 0.05) is 9.52 Å². The smallest absolute Gasteiger partial charge is 0.0200 e. The van der Waals surface area contributed by atoms with Crippen molar-refractivity contribution < 1.29 is 0 Å². The minimum Gasteiger partial charge on any atom is -0.0654 e. The molecule has 0 saturated carbocycles. The fourth-order valence-electron chi connectivity index (χ4n) is 2.18. The molecule has 0 saturated heterocycles. The van der Waals surface area contributed by atoms with Crippen molar-refractivity contribution in [3.63, 3.8) is 0 Å². The maximum Gasteiger partial charge on any atom is 0.0200 e. The van der Waals surface area contributed by atoms with E-state index >= 15 is 0 Å². The number of hydrogen-bond acceptors (Lipinski definition) is 0. The summed E-state index contributed by atoms with van der Waals surface area (Å²) < 4.78 is 0. The molecule has 0 radical (unpaired) electrons. The fraction of sp³-hybridized carbons (Fsp3) is 1.00. The Morgan fingerprint density at radius 3 is 1.94 bits per heavy atom. The van der Waals surface area contributed by atoms with Gasteiger partial charge in [0.25, 0.3) is 0 Å². The lowest BCUT2D eigenvalue weighted by atomic mass is 10.1. The van der Waals surface area contributed by atoms with Gasteiger partial charge in [-0.15, -0.1) is 0 Å². The van der Waals surface area contributed by atoms with Gasteiger partial charge in [0.05, 0.1) is 0 Å². The molecule has 0 N–H and O–H groups in total. The predicted octanol–water partition coefficient (Wildman–Crippen LogP) is 5.18. The van der Waals surface area contributed by atoms with Crippen molar-refractivity contribution in [3.05, 3.63) is 0 Å². The molecule has 98 valence electrons. The van der Waals surface area contributed by atoms with Crippen LogP contribution in [0.5, 0.6) is 0 Å². The van der Waals surface area contributed by atoms with E-state index in [1.54, 1.807) is 12.1 Å². The molecule has 0 spiro atoms. The lowest BCUT2D eigenvalue weighted by Gasteiger charge is -2.06. The molecular formula is C15H34Si. The van der Waals surface area contributed by atoms with E-state index in [9.17, 15) is 0 Å². The first-order valence-electron chi connectivity index (χ1n) is 7.81. The van der Waals surface area contributed by atoms with E-state index in [2.05, 4.69) is 20.8 Å². The molecule has 0 fully saturated rings. The van der Waals surface area contributed by atoms with Crippen LogP contribution in [0.1, 0.15) is 78.6 Å². The van der Waals surface area contributed by atoms with E-state index in [0.717, 1.165) is 5.92 Å². The van der Waals surface area contributed by atoms with Crippen LogP contribution in [-0.2, 0) is 0 Å². The quantitative estimate of drug-likeness (QED) is 0.327. The van der Waals surface area contributed by atoms with Gasteiger partial charge in [-0.25, -0.2) is 0 Å². The van der Waals surface area contributed by atoms with Gasteiger partial charge in [-0.1, -0.05) is 90.6 Å². The number of rotatable bonds is 12. The van der Waals surface area contributed by atoms with Crippen LogP contribution >= 0.6 is 0 Å². The lowest BCUT2D eigenvalue weighted by Crippen LogP contribution is -1.98. The van der Waals surface area contributed by atoms with Gasteiger partial charge in [0.2, 0.25) is 0 Å².